The highest BCUT2D eigenvalue weighted by Gasteiger charge is 2.30. The standard InChI is InChI=1S/C17H20N2O3S/c1-9-8-14(19-16(20)12-5-6-12)23-15(9)17(21)18-11(3)13-7-4-10(2)22-13/h4,7-8,11-12H,5-6H2,1-3H3,(H,18,21)(H,19,20). The van der Waals surface area contributed by atoms with E-state index in [0.717, 1.165) is 34.9 Å². The van der Waals surface area contributed by atoms with Crippen LogP contribution in [-0.4, -0.2) is 11.8 Å². The molecule has 2 aromatic rings. The fourth-order valence-corrected chi connectivity index (χ4v) is 3.34. The van der Waals surface area contributed by atoms with Crippen LogP contribution in [-0.2, 0) is 4.79 Å². The van der Waals surface area contributed by atoms with Crippen LogP contribution in [0.2, 0.25) is 0 Å². The molecule has 0 spiro atoms. The molecule has 1 aliphatic rings. The van der Waals surface area contributed by atoms with Gasteiger partial charge in [0.05, 0.1) is 15.9 Å². The number of rotatable bonds is 5. The average Bonchev–Trinajstić information content (AvgIpc) is 3.16. The van der Waals surface area contributed by atoms with Crippen molar-refractivity contribution in [2.45, 2.75) is 39.7 Å². The van der Waals surface area contributed by atoms with Crippen LogP contribution >= 0.6 is 11.3 Å². The SMILES string of the molecule is Cc1ccc(C(C)NC(=O)c2sc(NC(=O)C3CC3)cc2C)o1. The van der Waals surface area contributed by atoms with Crippen molar-refractivity contribution >= 4 is 28.2 Å². The van der Waals surface area contributed by atoms with Gasteiger partial charge in [-0.3, -0.25) is 9.59 Å². The molecule has 0 radical (unpaired) electrons. The Morgan fingerprint density at radius 3 is 2.65 bits per heavy atom. The number of carbonyl (C=O) groups excluding carboxylic acids is 2. The van der Waals surface area contributed by atoms with Gasteiger partial charge in [-0.1, -0.05) is 0 Å². The Bertz CT molecular complexity index is 743. The minimum Gasteiger partial charge on any atom is -0.464 e. The number of aryl methyl sites for hydroxylation is 2. The van der Waals surface area contributed by atoms with Crippen LogP contribution in [0.15, 0.2) is 22.6 Å². The Morgan fingerprint density at radius 2 is 2.04 bits per heavy atom. The van der Waals surface area contributed by atoms with Crippen LogP contribution in [0.5, 0.6) is 0 Å². The van der Waals surface area contributed by atoms with Gasteiger partial charge in [0.25, 0.3) is 5.91 Å². The minimum atomic E-state index is -0.206. The topological polar surface area (TPSA) is 71.3 Å². The summed E-state index contributed by atoms with van der Waals surface area (Å²) in [4.78, 5) is 24.9. The number of carbonyl (C=O) groups is 2. The number of thiophene rings is 1. The molecule has 0 aliphatic heterocycles. The van der Waals surface area contributed by atoms with Crippen LogP contribution in [0.3, 0.4) is 0 Å². The van der Waals surface area contributed by atoms with Gasteiger partial charge in [-0.25, -0.2) is 0 Å². The molecule has 0 saturated heterocycles. The number of hydrogen-bond acceptors (Lipinski definition) is 4. The second-order valence-corrected chi connectivity index (χ2v) is 7.08. The summed E-state index contributed by atoms with van der Waals surface area (Å²) >= 11 is 1.31. The molecule has 1 atom stereocenters. The predicted octanol–water partition coefficient (Wildman–Crippen LogP) is 3.80. The highest BCUT2D eigenvalue weighted by molar-refractivity contribution is 7.18. The molecule has 2 amide bonds. The van der Waals surface area contributed by atoms with Crippen molar-refractivity contribution < 1.29 is 14.0 Å². The lowest BCUT2D eigenvalue weighted by Gasteiger charge is -2.11. The molecule has 23 heavy (non-hydrogen) atoms. The first-order valence-corrected chi connectivity index (χ1v) is 8.54. The Hall–Kier alpha value is -2.08. The van der Waals surface area contributed by atoms with E-state index in [4.69, 9.17) is 4.42 Å². The van der Waals surface area contributed by atoms with Crippen molar-refractivity contribution in [2.75, 3.05) is 5.32 Å². The smallest absolute Gasteiger partial charge is 0.262 e. The molecule has 0 aromatic carbocycles. The first-order chi connectivity index (χ1) is 10.9. The highest BCUT2D eigenvalue weighted by atomic mass is 32.1. The maximum Gasteiger partial charge on any atom is 0.262 e. The van der Waals surface area contributed by atoms with Gasteiger partial charge in [-0.15, -0.1) is 11.3 Å². The van der Waals surface area contributed by atoms with Crippen LogP contribution in [0.25, 0.3) is 0 Å². The molecule has 6 heteroatoms. The molecule has 1 unspecified atom stereocenters. The summed E-state index contributed by atoms with van der Waals surface area (Å²) in [6.07, 6.45) is 1.92. The minimum absolute atomic E-state index is 0.0534. The van der Waals surface area contributed by atoms with E-state index >= 15 is 0 Å². The quantitative estimate of drug-likeness (QED) is 0.875. The summed E-state index contributed by atoms with van der Waals surface area (Å²) in [5, 5.41) is 6.55. The zero-order chi connectivity index (χ0) is 16.6. The summed E-state index contributed by atoms with van der Waals surface area (Å²) in [5.41, 5.74) is 0.862. The first-order valence-electron chi connectivity index (χ1n) is 7.72. The van der Waals surface area contributed by atoms with Crippen molar-refractivity contribution in [3.8, 4) is 0 Å². The normalized spacial score (nSPS) is 15.3. The molecule has 1 fully saturated rings. The fraction of sp³-hybridized carbons (Fsp3) is 0.412. The molecule has 0 bridgehead atoms. The van der Waals surface area contributed by atoms with Crippen molar-refractivity contribution in [3.63, 3.8) is 0 Å². The van der Waals surface area contributed by atoms with E-state index < -0.39 is 0 Å². The van der Waals surface area contributed by atoms with Gasteiger partial charge in [0.1, 0.15) is 11.5 Å². The number of anilines is 1. The van der Waals surface area contributed by atoms with E-state index in [1.807, 2.05) is 39.0 Å². The molecular formula is C17H20N2O3S. The second-order valence-electron chi connectivity index (χ2n) is 6.03. The third-order valence-electron chi connectivity index (χ3n) is 3.85. The Kier molecular flexibility index (Phi) is 4.26. The van der Waals surface area contributed by atoms with E-state index in [1.165, 1.54) is 11.3 Å². The van der Waals surface area contributed by atoms with Crippen LogP contribution < -0.4 is 10.6 Å². The summed E-state index contributed by atoms with van der Waals surface area (Å²) < 4.78 is 5.54. The van der Waals surface area contributed by atoms with Crippen LogP contribution in [0.4, 0.5) is 5.00 Å². The average molecular weight is 332 g/mol. The van der Waals surface area contributed by atoms with E-state index in [9.17, 15) is 9.59 Å². The number of amides is 2. The Balaban J connectivity index is 1.66. The number of hydrogen-bond donors (Lipinski definition) is 2. The lowest BCUT2D eigenvalue weighted by Crippen LogP contribution is -2.26. The Labute approximate surface area is 139 Å². The van der Waals surface area contributed by atoms with Crippen molar-refractivity contribution in [1.29, 1.82) is 0 Å². The van der Waals surface area contributed by atoms with Gasteiger partial charge in [0.15, 0.2) is 0 Å². The number of furan rings is 1. The van der Waals surface area contributed by atoms with Gasteiger partial charge >= 0.3 is 0 Å². The zero-order valence-electron chi connectivity index (χ0n) is 13.4. The predicted molar refractivity (Wildman–Crippen MR) is 89.7 cm³/mol. The van der Waals surface area contributed by atoms with Crippen molar-refractivity contribution in [2.24, 2.45) is 5.92 Å². The molecular weight excluding hydrogens is 312 g/mol. The molecule has 1 aliphatic carbocycles. The van der Waals surface area contributed by atoms with Crippen LogP contribution in [0, 0.1) is 19.8 Å². The molecule has 5 nitrogen and oxygen atoms in total. The second kappa shape index (κ2) is 6.20. The lowest BCUT2D eigenvalue weighted by molar-refractivity contribution is -0.117. The molecule has 3 rings (SSSR count). The Morgan fingerprint density at radius 1 is 1.30 bits per heavy atom. The molecule has 2 N–H and O–H groups in total. The van der Waals surface area contributed by atoms with E-state index in [2.05, 4.69) is 10.6 Å². The van der Waals surface area contributed by atoms with Crippen molar-refractivity contribution in [3.05, 3.63) is 40.2 Å². The first kappa shape index (κ1) is 15.8. The third-order valence-corrected chi connectivity index (χ3v) is 5.01. The fourth-order valence-electron chi connectivity index (χ4n) is 2.36. The van der Waals surface area contributed by atoms with E-state index in [0.29, 0.717) is 4.88 Å². The summed E-state index contributed by atoms with van der Waals surface area (Å²) in [7, 11) is 0. The van der Waals surface area contributed by atoms with Gasteiger partial charge < -0.3 is 15.1 Å². The third kappa shape index (κ3) is 3.64. The molecule has 122 valence electrons. The monoisotopic (exact) mass is 332 g/mol. The summed E-state index contributed by atoms with van der Waals surface area (Å²) in [6, 6.07) is 5.38. The number of nitrogens with one attached hydrogen (secondary N) is 2. The maximum absolute atomic E-state index is 12.4. The molecule has 1 saturated carbocycles. The lowest BCUT2D eigenvalue weighted by atomic mass is 10.2. The highest BCUT2D eigenvalue weighted by Crippen LogP contribution is 2.33. The maximum atomic E-state index is 12.4. The van der Waals surface area contributed by atoms with Gasteiger partial charge in [0.2, 0.25) is 5.91 Å². The van der Waals surface area contributed by atoms with Crippen LogP contribution in [0.1, 0.15) is 52.6 Å². The van der Waals surface area contributed by atoms with Gasteiger partial charge in [-0.05, 0) is 57.4 Å². The molecule has 2 heterocycles. The largest absolute Gasteiger partial charge is 0.464 e. The summed E-state index contributed by atoms with van der Waals surface area (Å²) in [5.74, 6) is 1.60. The van der Waals surface area contributed by atoms with E-state index in [1.54, 1.807) is 0 Å². The molecule has 2 aromatic heterocycles. The zero-order valence-corrected chi connectivity index (χ0v) is 14.3. The van der Waals surface area contributed by atoms with Crippen molar-refractivity contribution in [1.82, 2.24) is 5.32 Å². The van der Waals surface area contributed by atoms with Gasteiger partial charge in [0, 0.05) is 5.92 Å². The summed E-state index contributed by atoms with van der Waals surface area (Å²) in [6.45, 7) is 5.63. The van der Waals surface area contributed by atoms with Gasteiger partial charge in [-0.2, -0.15) is 0 Å². The van der Waals surface area contributed by atoms with E-state index in [-0.39, 0.29) is 23.8 Å².